The third kappa shape index (κ3) is 4.70. The lowest BCUT2D eigenvalue weighted by molar-refractivity contribution is 0.457. The average Bonchev–Trinajstić information content (AvgIpc) is 2.43. The monoisotopic (exact) mass is 368 g/mol. The fraction of sp³-hybridized carbons (Fsp3) is 0.312. The predicted molar refractivity (Wildman–Crippen MR) is 90.2 cm³/mol. The predicted octanol–water partition coefficient (Wildman–Crippen LogP) is 5.10. The lowest BCUT2D eigenvalue weighted by Crippen LogP contribution is -2.22. The van der Waals surface area contributed by atoms with Crippen LogP contribution in [0, 0.1) is 6.92 Å². The van der Waals surface area contributed by atoms with Crippen molar-refractivity contribution in [1.82, 2.24) is 10.3 Å². The second-order valence-electron chi connectivity index (χ2n) is 5.16. The van der Waals surface area contributed by atoms with Crippen LogP contribution >= 0.6 is 27.5 Å². The number of ether oxygens (including phenoxy) is 1. The van der Waals surface area contributed by atoms with E-state index < -0.39 is 0 Å². The van der Waals surface area contributed by atoms with Crippen molar-refractivity contribution in [3.8, 4) is 11.6 Å². The highest BCUT2D eigenvalue weighted by Crippen LogP contribution is 2.28. The molecule has 0 amide bonds. The van der Waals surface area contributed by atoms with Crippen molar-refractivity contribution < 1.29 is 4.74 Å². The van der Waals surface area contributed by atoms with E-state index in [-0.39, 0.29) is 0 Å². The van der Waals surface area contributed by atoms with Gasteiger partial charge in [-0.15, -0.1) is 0 Å². The van der Waals surface area contributed by atoms with Gasteiger partial charge in [0.05, 0.1) is 5.02 Å². The number of aromatic nitrogens is 1. The SMILES string of the molecule is Cc1ccc(Br)cc1Oc1cc(CNC(C)C)c(Cl)cn1. The first-order valence-corrected chi connectivity index (χ1v) is 7.94. The van der Waals surface area contributed by atoms with E-state index in [1.165, 1.54) is 0 Å². The first kappa shape index (κ1) is 16.3. The third-order valence-electron chi connectivity index (χ3n) is 2.98. The summed E-state index contributed by atoms with van der Waals surface area (Å²) in [6.07, 6.45) is 1.63. The maximum absolute atomic E-state index is 6.17. The Balaban J connectivity index is 2.20. The third-order valence-corrected chi connectivity index (χ3v) is 3.81. The second-order valence-corrected chi connectivity index (χ2v) is 6.48. The number of hydrogen-bond acceptors (Lipinski definition) is 3. The molecule has 2 aromatic rings. The molecule has 21 heavy (non-hydrogen) atoms. The highest BCUT2D eigenvalue weighted by Gasteiger charge is 2.08. The number of rotatable bonds is 5. The zero-order valence-electron chi connectivity index (χ0n) is 12.3. The summed E-state index contributed by atoms with van der Waals surface area (Å²) in [6, 6.07) is 8.17. The van der Waals surface area contributed by atoms with Crippen molar-refractivity contribution in [1.29, 1.82) is 0 Å². The van der Waals surface area contributed by atoms with E-state index in [0.717, 1.165) is 21.3 Å². The van der Waals surface area contributed by atoms with E-state index in [4.69, 9.17) is 16.3 Å². The van der Waals surface area contributed by atoms with Crippen molar-refractivity contribution in [2.45, 2.75) is 33.4 Å². The van der Waals surface area contributed by atoms with Gasteiger partial charge in [-0.3, -0.25) is 0 Å². The molecule has 0 atom stereocenters. The summed E-state index contributed by atoms with van der Waals surface area (Å²) in [4.78, 5) is 4.23. The zero-order valence-corrected chi connectivity index (χ0v) is 14.6. The summed E-state index contributed by atoms with van der Waals surface area (Å²) in [5.41, 5.74) is 2.03. The molecule has 1 heterocycles. The molecule has 0 saturated carbocycles. The molecule has 3 nitrogen and oxygen atoms in total. The Morgan fingerprint density at radius 2 is 2.10 bits per heavy atom. The maximum Gasteiger partial charge on any atom is 0.219 e. The first-order chi connectivity index (χ1) is 9.95. The maximum atomic E-state index is 6.17. The number of benzene rings is 1. The van der Waals surface area contributed by atoms with Crippen LogP contribution < -0.4 is 10.1 Å². The van der Waals surface area contributed by atoms with Gasteiger partial charge in [-0.2, -0.15) is 0 Å². The molecular formula is C16H18BrClN2O. The van der Waals surface area contributed by atoms with Crippen molar-refractivity contribution in [2.24, 2.45) is 0 Å². The normalized spacial score (nSPS) is 11.0. The van der Waals surface area contributed by atoms with E-state index in [2.05, 4.69) is 40.1 Å². The Hall–Kier alpha value is -1.10. The minimum Gasteiger partial charge on any atom is -0.439 e. The van der Waals surface area contributed by atoms with Crippen LogP contribution in [0.15, 0.2) is 34.9 Å². The van der Waals surface area contributed by atoms with Gasteiger partial charge in [0.2, 0.25) is 5.88 Å². The molecule has 1 N–H and O–H groups in total. The Kier molecular flexibility index (Phi) is 5.62. The Morgan fingerprint density at radius 3 is 2.81 bits per heavy atom. The zero-order chi connectivity index (χ0) is 15.4. The average molecular weight is 370 g/mol. The molecule has 1 aromatic heterocycles. The minimum absolute atomic E-state index is 0.394. The fourth-order valence-electron chi connectivity index (χ4n) is 1.76. The number of pyridine rings is 1. The van der Waals surface area contributed by atoms with Gasteiger partial charge >= 0.3 is 0 Å². The summed E-state index contributed by atoms with van der Waals surface area (Å²) < 4.78 is 6.84. The molecule has 0 aliphatic rings. The summed E-state index contributed by atoms with van der Waals surface area (Å²) in [6.45, 7) is 6.88. The Morgan fingerprint density at radius 1 is 1.33 bits per heavy atom. The molecule has 0 bridgehead atoms. The number of hydrogen-bond donors (Lipinski definition) is 1. The Bertz CT molecular complexity index is 632. The van der Waals surface area contributed by atoms with Gasteiger partial charge in [-0.05, 0) is 30.2 Å². The van der Waals surface area contributed by atoms with Crippen LogP contribution in [0.3, 0.4) is 0 Å². The van der Waals surface area contributed by atoms with Crippen molar-refractivity contribution >= 4 is 27.5 Å². The molecular weight excluding hydrogens is 352 g/mol. The molecule has 0 radical (unpaired) electrons. The van der Waals surface area contributed by atoms with Crippen LogP contribution in [0.5, 0.6) is 11.6 Å². The van der Waals surface area contributed by atoms with E-state index in [9.17, 15) is 0 Å². The molecule has 112 valence electrons. The molecule has 0 fully saturated rings. The van der Waals surface area contributed by atoms with Crippen LogP contribution in [0.4, 0.5) is 0 Å². The summed E-state index contributed by atoms with van der Waals surface area (Å²) in [7, 11) is 0. The van der Waals surface area contributed by atoms with E-state index in [1.807, 2.05) is 31.2 Å². The molecule has 0 saturated heterocycles. The number of nitrogens with zero attached hydrogens (tertiary/aromatic N) is 1. The van der Waals surface area contributed by atoms with Gasteiger partial charge in [0.1, 0.15) is 5.75 Å². The molecule has 5 heteroatoms. The smallest absolute Gasteiger partial charge is 0.219 e. The fourth-order valence-corrected chi connectivity index (χ4v) is 2.27. The molecule has 1 aromatic carbocycles. The summed E-state index contributed by atoms with van der Waals surface area (Å²) in [5, 5.41) is 3.98. The molecule has 0 aliphatic carbocycles. The lowest BCUT2D eigenvalue weighted by Gasteiger charge is -2.12. The van der Waals surface area contributed by atoms with E-state index in [1.54, 1.807) is 6.20 Å². The quantitative estimate of drug-likeness (QED) is 0.796. The molecule has 2 rings (SSSR count). The summed E-state index contributed by atoms with van der Waals surface area (Å²) in [5.74, 6) is 1.32. The highest BCUT2D eigenvalue weighted by molar-refractivity contribution is 9.10. The van der Waals surface area contributed by atoms with Gasteiger partial charge < -0.3 is 10.1 Å². The van der Waals surface area contributed by atoms with Crippen LogP contribution in [0.25, 0.3) is 0 Å². The van der Waals surface area contributed by atoms with Crippen LogP contribution in [0.1, 0.15) is 25.0 Å². The largest absolute Gasteiger partial charge is 0.439 e. The molecule has 0 spiro atoms. The van der Waals surface area contributed by atoms with Gasteiger partial charge in [0.15, 0.2) is 0 Å². The number of nitrogens with one attached hydrogen (secondary N) is 1. The second kappa shape index (κ2) is 7.25. The van der Waals surface area contributed by atoms with Gasteiger partial charge in [0, 0.05) is 29.3 Å². The van der Waals surface area contributed by atoms with Gasteiger partial charge in [-0.25, -0.2) is 4.98 Å². The van der Waals surface area contributed by atoms with Gasteiger partial charge in [0.25, 0.3) is 0 Å². The highest BCUT2D eigenvalue weighted by atomic mass is 79.9. The van der Waals surface area contributed by atoms with Crippen LogP contribution in [-0.2, 0) is 6.54 Å². The number of halogens is 2. The van der Waals surface area contributed by atoms with Crippen LogP contribution in [-0.4, -0.2) is 11.0 Å². The molecule has 0 aliphatic heterocycles. The van der Waals surface area contributed by atoms with Crippen molar-refractivity contribution in [3.05, 3.63) is 51.1 Å². The summed E-state index contributed by atoms with van der Waals surface area (Å²) >= 11 is 9.62. The van der Waals surface area contributed by atoms with Crippen molar-refractivity contribution in [3.63, 3.8) is 0 Å². The Labute approximate surface area is 138 Å². The minimum atomic E-state index is 0.394. The van der Waals surface area contributed by atoms with Crippen molar-refractivity contribution in [2.75, 3.05) is 0 Å². The topological polar surface area (TPSA) is 34.1 Å². The number of aryl methyl sites for hydroxylation is 1. The molecule has 0 unspecified atom stereocenters. The van der Waals surface area contributed by atoms with E-state index >= 15 is 0 Å². The first-order valence-electron chi connectivity index (χ1n) is 6.77. The standard InChI is InChI=1S/C16H18BrClN2O/c1-10(2)19-8-12-6-16(20-9-14(12)18)21-15-7-13(17)5-4-11(15)3/h4-7,9-10,19H,8H2,1-3H3. The van der Waals surface area contributed by atoms with Gasteiger partial charge in [-0.1, -0.05) is 47.4 Å². The lowest BCUT2D eigenvalue weighted by atomic mass is 10.2. The van der Waals surface area contributed by atoms with Crippen LogP contribution in [0.2, 0.25) is 5.02 Å². The van der Waals surface area contributed by atoms with E-state index in [0.29, 0.717) is 23.5 Å².